The van der Waals surface area contributed by atoms with Crippen LogP contribution >= 0.6 is 0 Å². The van der Waals surface area contributed by atoms with Gasteiger partial charge in [-0.05, 0) is 73.8 Å². The molecule has 0 aliphatic rings. The molecule has 11 rings (SSSR count). The Hall–Kier alpha value is -8.21. The molecule has 286 valence electrons. The van der Waals surface area contributed by atoms with Crippen molar-refractivity contribution in [1.82, 2.24) is 15.0 Å². The lowest BCUT2D eigenvalue weighted by molar-refractivity contribution is 0.669. The molecule has 0 spiro atoms. The van der Waals surface area contributed by atoms with Crippen LogP contribution in [0, 0.1) is 0 Å². The van der Waals surface area contributed by atoms with Gasteiger partial charge in [0.25, 0.3) is 0 Å². The van der Waals surface area contributed by atoms with E-state index in [9.17, 15) is 0 Å². The lowest BCUT2D eigenvalue weighted by Crippen LogP contribution is -2.00. The van der Waals surface area contributed by atoms with E-state index in [1.54, 1.807) is 0 Å². The first-order valence-electron chi connectivity index (χ1n) is 20.5. The monoisotopic (exact) mass is 779 g/mol. The summed E-state index contributed by atoms with van der Waals surface area (Å²) in [7, 11) is 0. The molecule has 4 nitrogen and oxygen atoms in total. The van der Waals surface area contributed by atoms with Crippen LogP contribution in [0.15, 0.2) is 229 Å². The third-order valence-corrected chi connectivity index (χ3v) is 11.4. The number of benzene rings is 9. The molecule has 0 saturated carbocycles. The Bertz CT molecular complexity index is 3250. The quantitative estimate of drug-likeness (QED) is 0.154. The topological polar surface area (TPSA) is 51.8 Å². The summed E-state index contributed by atoms with van der Waals surface area (Å²) in [5, 5.41) is 2.17. The summed E-state index contributed by atoms with van der Waals surface area (Å²) in [4.78, 5) is 14.7. The maximum atomic E-state index is 6.45. The SMILES string of the molecule is c1ccc(-c2ccc(-c3ccccc3-c3ccc(-c4ccc5oc6cccc(-c7ccc(-c8nc(-c9ccccc9)nc(-c9ccccc9)n8)cc7)c6c5c4)cc3)cc2)cc1. The van der Waals surface area contributed by atoms with Crippen molar-refractivity contribution >= 4 is 21.9 Å². The van der Waals surface area contributed by atoms with Gasteiger partial charge in [0.2, 0.25) is 0 Å². The first-order chi connectivity index (χ1) is 30.2. The minimum absolute atomic E-state index is 0.628. The van der Waals surface area contributed by atoms with Crippen molar-refractivity contribution in [3.63, 3.8) is 0 Å². The summed E-state index contributed by atoms with van der Waals surface area (Å²) in [6.07, 6.45) is 0. The third-order valence-electron chi connectivity index (χ3n) is 11.4. The van der Waals surface area contributed by atoms with Crippen LogP contribution < -0.4 is 0 Å². The first-order valence-corrected chi connectivity index (χ1v) is 20.5. The zero-order valence-electron chi connectivity index (χ0n) is 33.1. The highest BCUT2D eigenvalue weighted by molar-refractivity contribution is 6.13. The molecule has 4 heteroatoms. The first kappa shape index (κ1) is 35.9. The molecule has 0 saturated heterocycles. The summed E-state index contributed by atoms with van der Waals surface area (Å²) in [6, 6.07) is 78.3. The molecule has 2 aromatic heterocycles. The average molecular weight is 780 g/mol. The van der Waals surface area contributed by atoms with Crippen LogP contribution in [0.3, 0.4) is 0 Å². The van der Waals surface area contributed by atoms with Gasteiger partial charge in [-0.2, -0.15) is 0 Å². The van der Waals surface area contributed by atoms with Gasteiger partial charge in [-0.25, -0.2) is 15.0 Å². The van der Waals surface area contributed by atoms with Crippen molar-refractivity contribution < 1.29 is 4.42 Å². The van der Waals surface area contributed by atoms with Gasteiger partial charge in [0.15, 0.2) is 17.5 Å². The minimum Gasteiger partial charge on any atom is -0.456 e. The van der Waals surface area contributed by atoms with Crippen LogP contribution in [-0.4, -0.2) is 15.0 Å². The van der Waals surface area contributed by atoms with Crippen LogP contribution in [0.4, 0.5) is 0 Å². The van der Waals surface area contributed by atoms with Gasteiger partial charge in [-0.3, -0.25) is 0 Å². The van der Waals surface area contributed by atoms with Crippen LogP contribution in [-0.2, 0) is 0 Å². The van der Waals surface area contributed by atoms with Gasteiger partial charge in [0.05, 0.1) is 0 Å². The molecule has 0 aliphatic carbocycles. The zero-order chi connectivity index (χ0) is 40.5. The molecule has 2 heterocycles. The Labute approximate surface area is 354 Å². The van der Waals surface area contributed by atoms with E-state index >= 15 is 0 Å². The second-order valence-electron chi connectivity index (χ2n) is 15.2. The Morgan fingerprint density at radius 3 is 1.13 bits per heavy atom. The van der Waals surface area contributed by atoms with Gasteiger partial charge in [-0.1, -0.05) is 206 Å². The number of aromatic nitrogens is 3. The molecule has 0 bridgehead atoms. The van der Waals surface area contributed by atoms with E-state index < -0.39 is 0 Å². The summed E-state index contributed by atoms with van der Waals surface area (Å²) in [6.45, 7) is 0. The second-order valence-corrected chi connectivity index (χ2v) is 15.2. The number of hydrogen-bond donors (Lipinski definition) is 0. The van der Waals surface area contributed by atoms with E-state index in [-0.39, 0.29) is 0 Å². The highest BCUT2D eigenvalue weighted by Crippen LogP contribution is 2.40. The van der Waals surface area contributed by atoms with Gasteiger partial charge in [0, 0.05) is 27.5 Å². The molecule has 0 atom stereocenters. The van der Waals surface area contributed by atoms with Gasteiger partial charge in [0.1, 0.15) is 11.2 Å². The Kier molecular flexibility index (Phi) is 9.14. The van der Waals surface area contributed by atoms with E-state index in [2.05, 4.69) is 164 Å². The van der Waals surface area contributed by atoms with Crippen LogP contribution in [0.5, 0.6) is 0 Å². The molecule has 0 aliphatic heterocycles. The maximum Gasteiger partial charge on any atom is 0.164 e. The molecule has 0 N–H and O–H groups in total. The molecule has 0 unspecified atom stereocenters. The molecular weight excluding hydrogens is 743 g/mol. The Balaban J connectivity index is 0.911. The van der Waals surface area contributed by atoms with Gasteiger partial charge < -0.3 is 4.42 Å². The average Bonchev–Trinajstić information content (AvgIpc) is 3.73. The predicted octanol–water partition coefficient (Wildman–Crippen LogP) is 15.1. The summed E-state index contributed by atoms with van der Waals surface area (Å²) < 4.78 is 6.45. The fraction of sp³-hybridized carbons (Fsp3) is 0. The molecule has 0 radical (unpaired) electrons. The largest absolute Gasteiger partial charge is 0.456 e. The van der Waals surface area contributed by atoms with Crippen LogP contribution in [0.1, 0.15) is 0 Å². The number of hydrogen-bond acceptors (Lipinski definition) is 4. The smallest absolute Gasteiger partial charge is 0.164 e. The number of nitrogens with zero attached hydrogens (tertiary/aromatic N) is 3. The minimum atomic E-state index is 0.628. The van der Waals surface area contributed by atoms with E-state index in [0.717, 1.165) is 60.9 Å². The predicted molar refractivity (Wildman–Crippen MR) is 251 cm³/mol. The molecule has 0 amide bonds. The van der Waals surface area contributed by atoms with E-state index in [1.807, 2.05) is 60.7 Å². The summed E-state index contributed by atoms with van der Waals surface area (Å²) in [5.41, 5.74) is 16.2. The highest BCUT2D eigenvalue weighted by atomic mass is 16.3. The maximum absolute atomic E-state index is 6.45. The zero-order valence-corrected chi connectivity index (χ0v) is 33.1. The highest BCUT2D eigenvalue weighted by Gasteiger charge is 2.16. The fourth-order valence-electron chi connectivity index (χ4n) is 8.29. The van der Waals surface area contributed by atoms with Gasteiger partial charge in [-0.15, -0.1) is 0 Å². The lowest BCUT2D eigenvalue weighted by atomic mass is 9.92. The van der Waals surface area contributed by atoms with E-state index in [0.29, 0.717) is 17.5 Å². The van der Waals surface area contributed by atoms with Crippen molar-refractivity contribution in [3.8, 4) is 89.8 Å². The molecule has 61 heavy (non-hydrogen) atoms. The number of rotatable bonds is 8. The second kappa shape index (κ2) is 15.5. The molecule has 9 aromatic carbocycles. The van der Waals surface area contributed by atoms with Crippen molar-refractivity contribution in [2.75, 3.05) is 0 Å². The molecule has 0 fully saturated rings. The third kappa shape index (κ3) is 6.96. The van der Waals surface area contributed by atoms with Crippen molar-refractivity contribution in [2.24, 2.45) is 0 Å². The Morgan fingerprint density at radius 1 is 0.246 bits per heavy atom. The van der Waals surface area contributed by atoms with Crippen molar-refractivity contribution in [3.05, 3.63) is 224 Å². The number of furan rings is 1. The van der Waals surface area contributed by atoms with Crippen molar-refractivity contribution in [2.45, 2.75) is 0 Å². The summed E-state index contributed by atoms with van der Waals surface area (Å²) >= 11 is 0. The van der Waals surface area contributed by atoms with E-state index in [1.165, 1.54) is 33.4 Å². The van der Waals surface area contributed by atoms with E-state index in [4.69, 9.17) is 19.4 Å². The standard InChI is InChI=1S/C57H37N3O/c1-4-13-38(14-5-1)39-23-27-41(28-24-39)48-19-10-11-20-49(48)42-29-25-40(26-30-42)47-35-36-52-51(37-47)54-50(21-12-22-53(54)61-52)43-31-33-46(34-32-43)57-59-55(44-15-6-2-7-16-44)58-56(60-57)45-17-8-3-9-18-45/h1-37H. The lowest BCUT2D eigenvalue weighted by Gasteiger charge is -2.12. The number of fused-ring (bicyclic) bond motifs is 3. The summed E-state index contributed by atoms with van der Waals surface area (Å²) in [5.74, 6) is 1.91. The van der Waals surface area contributed by atoms with Crippen LogP contribution in [0.25, 0.3) is 112 Å². The van der Waals surface area contributed by atoms with Gasteiger partial charge >= 0.3 is 0 Å². The van der Waals surface area contributed by atoms with Crippen LogP contribution in [0.2, 0.25) is 0 Å². The Morgan fingerprint density at radius 2 is 0.607 bits per heavy atom. The normalized spacial score (nSPS) is 11.3. The molecule has 11 aromatic rings. The molecular formula is C57H37N3O. The van der Waals surface area contributed by atoms with Crippen molar-refractivity contribution in [1.29, 1.82) is 0 Å². The fourth-order valence-corrected chi connectivity index (χ4v) is 8.29.